The van der Waals surface area contributed by atoms with Gasteiger partial charge in [0.25, 0.3) is 0 Å². The smallest absolute Gasteiger partial charge is 0.322 e. The van der Waals surface area contributed by atoms with E-state index in [1.807, 2.05) is 13.1 Å². The fourth-order valence-electron chi connectivity index (χ4n) is 2.96. The van der Waals surface area contributed by atoms with Gasteiger partial charge in [-0.3, -0.25) is 0 Å². The summed E-state index contributed by atoms with van der Waals surface area (Å²) >= 11 is 0. The highest BCUT2D eigenvalue weighted by Gasteiger charge is 2.43. The van der Waals surface area contributed by atoms with Gasteiger partial charge in [-0.15, -0.1) is 0 Å². The molecule has 1 aliphatic rings. The second-order valence-electron chi connectivity index (χ2n) is 8.60. The number of hydrogen-bond acceptors (Lipinski definition) is 6. The van der Waals surface area contributed by atoms with Gasteiger partial charge in [0, 0.05) is 13.7 Å². The van der Waals surface area contributed by atoms with Gasteiger partial charge in [-0.2, -0.15) is 0 Å². The summed E-state index contributed by atoms with van der Waals surface area (Å²) in [5.74, 6) is 0. The van der Waals surface area contributed by atoms with Crippen LogP contribution >= 0.6 is 0 Å². The third-order valence-corrected chi connectivity index (χ3v) is 18.4. The summed E-state index contributed by atoms with van der Waals surface area (Å²) in [6, 6.07) is 1.07. The summed E-state index contributed by atoms with van der Waals surface area (Å²) in [5.41, 5.74) is 0. The topological polar surface area (TPSA) is 58.7 Å². The van der Waals surface area contributed by atoms with Gasteiger partial charge < -0.3 is 26.2 Å². The molecule has 1 fully saturated rings. The minimum absolute atomic E-state index is 0.341. The fourth-order valence-corrected chi connectivity index (χ4v) is 20.6. The summed E-state index contributed by atoms with van der Waals surface area (Å²) in [6.45, 7) is 19.4. The predicted octanol–water partition coefficient (Wildman–Crippen LogP) is 3.80. The van der Waals surface area contributed by atoms with Crippen LogP contribution in [0.25, 0.3) is 0 Å². The largest absolute Gasteiger partial charge is 0.436 e. The Hall–Kier alpha value is 0.628. The van der Waals surface area contributed by atoms with Gasteiger partial charge in [-0.1, -0.05) is 0 Å². The zero-order valence-corrected chi connectivity index (χ0v) is 21.6. The molecule has 0 aromatic heterocycles. The van der Waals surface area contributed by atoms with Crippen LogP contribution in [0.2, 0.25) is 58.4 Å². The zero-order valence-electron chi connectivity index (χ0n) is 17.6. The second-order valence-corrected chi connectivity index (χ2v) is 23.9. The highest BCUT2D eigenvalue weighted by Crippen LogP contribution is 2.26. The van der Waals surface area contributed by atoms with Gasteiger partial charge in [0.05, 0.1) is 13.2 Å². The molecule has 1 atom stereocenters. The molecule has 0 spiro atoms. The first-order valence-corrected chi connectivity index (χ1v) is 20.7. The lowest BCUT2D eigenvalue weighted by Gasteiger charge is -2.40. The first-order chi connectivity index (χ1) is 11.3. The molecule has 150 valence electrons. The van der Waals surface area contributed by atoms with Crippen LogP contribution in [-0.2, 0) is 26.2 Å². The quantitative estimate of drug-likeness (QED) is 0.254. The third kappa shape index (κ3) is 11.2. The highest BCUT2D eigenvalue weighted by atomic mass is 28.5. The van der Waals surface area contributed by atoms with E-state index in [0.29, 0.717) is 6.10 Å². The van der Waals surface area contributed by atoms with Crippen LogP contribution in [0.1, 0.15) is 6.42 Å². The zero-order chi connectivity index (χ0) is 19.4. The molecule has 1 saturated heterocycles. The van der Waals surface area contributed by atoms with Crippen molar-refractivity contribution in [2.75, 3.05) is 26.9 Å². The first kappa shape index (κ1) is 23.7. The van der Waals surface area contributed by atoms with E-state index in [0.717, 1.165) is 32.3 Å². The van der Waals surface area contributed by atoms with Crippen molar-refractivity contribution in [3.63, 3.8) is 0 Å². The molecule has 0 aliphatic carbocycles. The van der Waals surface area contributed by atoms with E-state index in [1.165, 1.54) is 0 Å². The molecule has 1 aliphatic heterocycles. The summed E-state index contributed by atoms with van der Waals surface area (Å²) in [7, 11) is -6.75. The lowest BCUT2D eigenvalue weighted by Crippen LogP contribution is -2.56. The van der Waals surface area contributed by atoms with Gasteiger partial charge >= 0.3 is 25.7 Å². The fraction of sp³-hybridized carbons (Fsp3) is 1.00. The van der Waals surface area contributed by atoms with E-state index in [4.69, 9.17) is 26.2 Å². The van der Waals surface area contributed by atoms with Crippen molar-refractivity contribution in [1.82, 2.24) is 0 Å². The highest BCUT2D eigenvalue weighted by molar-refractivity contribution is 6.88. The molecule has 10 heteroatoms. The van der Waals surface area contributed by atoms with Crippen LogP contribution in [0.4, 0.5) is 0 Å². The van der Waals surface area contributed by atoms with E-state index in [2.05, 4.69) is 39.3 Å². The SMILES string of the molecule is CO[Si](C)(C)O[Si](C)(C)O[Si](C)(C)O[Si](C)(C)CCCOCC1CO1. The Kier molecular flexibility index (Phi) is 8.72. The van der Waals surface area contributed by atoms with Crippen molar-refractivity contribution in [2.45, 2.75) is 70.9 Å². The molecule has 1 heterocycles. The molecule has 0 bridgehead atoms. The molecule has 25 heavy (non-hydrogen) atoms. The molecule has 0 aromatic carbocycles. The molecule has 6 nitrogen and oxygen atoms in total. The molecule has 0 amide bonds. The maximum absolute atomic E-state index is 6.55. The maximum atomic E-state index is 6.55. The maximum Gasteiger partial charge on any atom is 0.322 e. The van der Waals surface area contributed by atoms with Crippen molar-refractivity contribution in [3.8, 4) is 0 Å². The van der Waals surface area contributed by atoms with Crippen LogP contribution in [0.3, 0.4) is 0 Å². The molecule has 1 rings (SSSR count). The van der Waals surface area contributed by atoms with Crippen LogP contribution in [-0.4, -0.2) is 67.0 Å². The van der Waals surface area contributed by atoms with E-state index in [9.17, 15) is 0 Å². The average Bonchev–Trinajstić information content (AvgIpc) is 3.17. The van der Waals surface area contributed by atoms with E-state index in [-0.39, 0.29) is 0 Å². The van der Waals surface area contributed by atoms with Crippen molar-refractivity contribution >= 4 is 34.0 Å². The van der Waals surface area contributed by atoms with Crippen LogP contribution in [0, 0.1) is 0 Å². The Morgan fingerprint density at radius 2 is 1.36 bits per heavy atom. The molecule has 0 radical (unpaired) electrons. The van der Waals surface area contributed by atoms with Gasteiger partial charge in [0.15, 0.2) is 8.32 Å². The monoisotopic (exact) mass is 426 g/mol. The van der Waals surface area contributed by atoms with E-state index >= 15 is 0 Å². The van der Waals surface area contributed by atoms with Crippen molar-refractivity contribution in [1.29, 1.82) is 0 Å². The summed E-state index contributed by atoms with van der Waals surface area (Å²) in [6.07, 6.45) is 1.37. The van der Waals surface area contributed by atoms with Gasteiger partial charge in [-0.25, -0.2) is 0 Å². The van der Waals surface area contributed by atoms with Crippen molar-refractivity contribution in [3.05, 3.63) is 0 Å². The second kappa shape index (κ2) is 9.21. The normalized spacial score (nSPS) is 19.3. The summed E-state index contributed by atoms with van der Waals surface area (Å²) in [5, 5.41) is 0. The Labute approximate surface area is 158 Å². The number of epoxide rings is 1. The lowest BCUT2D eigenvalue weighted by atomic mass is 10.5. The minimum Gasteiger partial charge on any atom is -0.436 e. The predicted molar refractivity (Wildman–Crippen MR) is 110 cm³/mol. The first-order valence-electron chi connectivity index (χ1n) is 9.11. The Bertz CT molecular complexity index is 413. The average molecular weight is 427 g/mol. The summed E-state index contributed by atoms with van der Waals surface area (Å²) in [4.78, 5) is 0. The Morgan fingerprint density at radius 1 is 0.840 bits per heavy atom. The number of ether oxygens (including phenoxy) is 2. The summed E-state index contributed by atoms with van der Waals surface area (Å²) < 4.78 is 35.5. The molecular weight excluding hydrogens is 389 g/mol. The Balaban J connectivity index is 2.41. The Morgan fingerprint density at radius 3 is 1.88 bits per heavy atom. The van der Waals surface area contributed by atoms with Crippen molar-refractivity contribution in [2.24, 2.45) is 0 Å². The van der Waals surface area contributed by atoms with Crippen LogP contribution < -0.4 is 0 Å². The van der Waals surface area contributed by atoms with E-state index in [1.54, 1.807) is 7.11 Å². The van der Waals surface area contributed by atoms with Crippen LogP contribution in [0.15, 0.2) is 0 Å². The van der Waals surface area contributed by atoms with Gasteiger partial charge in [0.1, 0.15) is 6.10 Å². The number of hydrogen-bond donors (Lipinski definition) is 0. The third-order valence-electron chi connectivity index (χ3n) is 3.77. The number of rotatable bonds is 13. The minimum atomic E-state index is -2.29. The molecule has 0 aromatic rings. The molecule has 0 saturated carbocycles. The standard InChI is InChI=1S/C15H38O6Si4/c1-16-23(4,5)20-25(8,9)21-24(6,7)19-22(2,3)12-10-11-17-13-15-14-18-15/h15H,10-14H2,1-9H3. The molecule has 0 N–H and O–H groups in total. The van der Waals surface area contributed by atoms with E-state index < -0.39 is 34.0 Å². The molecular formula is C15H38O6Si4. The van der Waals surface area contributed by atoms with Crippen molar-refractivity contribution < 1.29 is 26.2 Å². The van der Waals surface area contributed by atoms with Gasteiger partial charge in [-0.05, 0) is 64.8 Å². The lowest BCUT2D eigenvalue weighted by molar-refractivity contribution is 0.116. The molecule has 1 unspecified atom stereocenters. The van der Waals surface area contributed by atoms with Crippen LogP contribution in [0.5, 0.6) is 0 Å². The van der Waals surface area contributed by atoms with Gasteiger partial charge in [0.2, 0.25) is 0 Å².